The van der Waals surface area contributed by atoms with Gasteiger partial charge in [0.2, 0.25) is 5.91 Å². The van der Waals surface area contributed by atoms with Gasteiger partial charge in [0.25, 0.3) is 10.0 Å². The average molecular weight is 382 g/mol. The van der Waals surface area contributed by atoms with E-state index in [0.717, 1.165) is 29.4 Å². The van der Waals surface area contributed by atoms with E-state index >= 15 is 0 Å². The molecule has 3 aromatic carbocycles. The van der Waals surface area contributed by atoms with E-state index in [1.54, 1.807) is 6.07 Å². The number of aryl methyl sites for hydroxylation is 2. The predicted octanol–water partition coefficient (Wildman–Crippen LogP) is 2.85. The van der Waals surface area contributed by atoms with Gasteiger partial charge in [-0.3, -0.25) is 9.52 Å². The second-order valence-electron chi connectivity index (χ2n) is 6.45. The van der Waals surface area contributed by atoms with Gasteiger partial charge in [-0.05, 0) is 53.6 Å². The first kappa shape index (κ1) is 17.4. The summed E-state index contributed by atoms with van der Waals surface area (Å²) in [5.41, 5.74) is 7.98. The van der Waals surface area contributed by atoms with Crippen LogP contribution in [0.1, 0.15) is 21.5 Å². The van der Waals surface area contributed by atoms with E-state index in [1.807, 2.05) is 24.3 Å². The minimum absolute atomic E-state index is 0.164. The standard InChI is InChI=1S/C20H18N2O4S/c1-26-17-9-7-14(20(21)23)11-16(17)22-27(24,25)18-10-8-13-6-5-12-3-2-4-15(18)19(12)13/h2-4,7-11,22H,5-6H2,1H3,(H2,21,23). The molecule has 4 rings (SSSR count). The number of amides is 1. The van der Waals surface area contributed by atoms with Crippen LogP contribution in [-0.2, 0) is 22.9 Å². The molecular formula is C20H18N2O4S. The van der Waals surface area contributed by atoms with E-state index in [4.69, 9.17) is 10.5 Å². The number of nitrogens with two attached hydrogens (primary N) is 1. The summed E-state index contributed by atoms with van der Waals surface area (Å²) in [4.78, 5) is 11.6. The molecule has 0 spiro atoms. The van der Waals surface area contributed by atoms with Gasteiger partial charge in [0.05, 0.1) is 17.7 Å². The van der Waals surface area contributed by atoms with Crippen LogP contribution in [-0.4, -0.2) is 21.4 Å². The summed E-state index contributed by atoms with van der Waals surface area (Å²) in [6, 6.07) is 13.6. The first-order valence-electron chi connectivity index (χ1n) is 8.45. The molecule has 0 saturated carbocycles. The van der Waals surface area contributed by atoms with E-state index in [0.29, 0.717) is 11.1 Å². The number of carbonyl (C=O) groups is 1. The minimum atomic E-state index is -3.90. The summed E-state index contributed by atoms with van der Waals surface area (Å²) in [7, 11) is -2.48. The minimum Gasteiger partial charge on any atom is -0.495 e. The van der Waals surface area contributed by atoms with Crippen LogP contribution in [0.25, 0.3) is 10.8 Å². The number of sulfonamides is 1. The molecule has 0 fully saturated rings. The molecule has 0 heterocycles. The number of anilines is 1. The SMILES string of the molecule is COc1ccc(C(N)=O)cc1NS(=O)(=O)c1ccc2c3c(cccc13)CC2. The van der Waals surface area contributed by atoms with Crippen molar-refractivity contribution in [2.24, 2.45) is 5.73 Å². The Morgan fingerprint density at radius 1 is 1.07 bits per heavy atom. The molecule has 0 unspecified atom stereocenters. The molecule has 1 aliphatic rings. The summed E-state index contributed by atoms with van der Waals surface area (Å²) in [5, 5.41) is 1.71. The Morgan fingerprint density at radius 3 is 2.52 bits per heavy atom. The number of primary amides is 1. The second-order valence-corrected chi connectivity index (χ2v) is 8.10. The number of hydrogen-bond donors (Lipinski definition) is 2. The van der Waals surface area contributed by atoms with E-state index in [1.165, 1.54) is 25.3 Å². The van der Waals surface area contributed by atoms with Crippen molar-refractivity contribution in [1.82, 2.24) is 0 Å². The first-order chi connectivity index (χ1) is 12.9. The van der Waals surface area contributed by atoms with Crippen LogP contribution in [0, 0.1) is 0 Å². The van der Waals surface area contributed by atoms with Gasteiger partial charge < -0.3 is 10.5 Å². The predicted molar refractivity (Wildman–Crippen MR) is 104 cm³/mol. The fourth-order valence-corrected chi connectivity index (χ4v) is 4.86. The van der Waals surface area contributed by atoms with Crippen molar-refractivity contribution < 1.29 is 17.9 Å². The fraction of sp³-hybridized carbons (Fsp3) is 0.150. The number of benzene rings is 3. The maximum Gasteiger partial charge on any atom is 0.262 e. The summed E-state index contributed by atoms with van der Waals surface area (Å²) < 4.78 is 34.0. The van der Waals surface area contributed by atoms with Crippen molar-refractivity contribution in [3.63, 3.8) is 0 Å². The highest BCUT2D eigenvalue weighted by atomic mass is 32.2. The molecule has 1 amide bonds. The highest BCUT2D eigenvalue weighted by Crippen LogP contribution is 2.36. The fourth-order valence-electron chi connectivity index (χ4n) is 3.60. The number of hydrogen-bond acceptors (Lipinski definition) is 4. The largest absolute Gasteiger partial charge is 0.495 e. The zero-order chi connectivity index (χ0) is 19.2. The number of carbonyl (C=O) groups excluding carboxylic acids is 1. The van der Waals surface area contributed by atoms with Crippen molar-refractivity contribution in [3.05, 3.63) is 65.2 Å². The summed E-state index contributed by atoms with van der Waals surface area (Å²) in [5.74, 6) is -0.349. The molecular weight excluding hydrogens is 364 g/mol. The van der Waals surface area contributed by atoms with E-state index < -0.39 is 15.9 Å². The Balaban J connectivity index is 1.84. The zero-order valence-corrected chi connectivity index (χ0v) is 15.5. The number of methoxy groups -OCH3 is 1. The molecule has 27 heavy (non-hydrogen) atoms. The highest BCUT2D eigenvalue weighted by molar-refractivity contribution is 7.93. The molecule has 0 aromatic heterocycles. The Kier molecular flexibility index (Phi) is 4.04. The van der Waals surface area contributed by atoms with E-state index in [9.17, 15) is 13.2 Å². The monoisotopic (exact) mass is 382 g/mol. The van der Waals surface area contributed by atoms with Gasteiger partial charge >= 0.3 is 0 Å². The van der Waals surface area contributed by atoms with Gasteiger partial charge in [0.1, 0.15) is 5.75 Å². The molecule has 7 heteroatoms. The first-order valence-corrected chi connectivity index (χ1v) is 9.93. The van der Waals surface area contributed by atoms with Gasteiger partial charge in [-0.15, -0.1) is 0 Å². The summed E-state index contributed by atoms with van der Waals surface area (Å²) >= 11 is 0. The van der Waals surface area contributed by atoms with Gasteiger partial charge in [-0.1, -0.05) is 24.3 Å². The van der Waals surface area contributed by atoms with Gasteiger partial charge in [-0.25, -0.2) is 8.42 Å². The highest BCUT2D eigenvalue weighted by Gasteiger charge is 2.23. The Hall–Kier alpha value is -3.06. The van der Waals surface area contributed by atoms with Gasteiger partial charge in [0.15, 0.2) is 0 Å². The van der Waals surface area contributed by atoms with Crippen LogP contribution in [0.2, 0.25) is 0 Å². The molecule has 3 N–H and O–H groups in total. The molecule has 0 aliphatic heterocycles. The number of nitrogens with one attached hydrogen (secondary N) is 1. The van der Waals surface area contributed by atoms with Gasteiger partial charge in [0, 0.05) is 10.9 Å². The van der Waals surface area contributed by atoms with E-state index in [2.05, 4.69) is 4.72 Å². The maximum atomic E-state index is 13.1. The van der Waals surface area contributed by atoms with Crippen LogP contribution in [0.4, 0.5) is 5.69 Å². The van der Waals surface area contributed by atoms with Crippen LogP contribution in [0.3, 0.4) is 0 Å². The third kappa shape index (κ3) is 2.90. The van der Waals surface area contributed by atoms with Crippen molar-refractivity contribution in [2.75, 3.05) is 11.8 Å². The van der Waals surface area contributed by atoms with E-state index in [-0.39, 0.29) is 16.1 Å². The topological polar surface area (TPSA) is 98.5 Å². The quantitative estimate of drug-likeness (QED) is 0.709. The number of ether oxygens (including phenoxy) is 1. The lowest BCUT2D eigenvalue weighted by molar-refractivity contribution is 0.100. The van der Waals surface area contributed by atoms with Crippen LogP contribution in [0.5, 0.6) is 5.75 Å². The molecule has 138 valence electrons. The summed E-state index contributed by atoms with van der Waals surface area (Å²) in [6.07, 6.45) is 1.83. The summed E-state index contributed by atoms with van der Waals surface area (Å²) in [6.45, 7) is 0. The molecule has 0 radical (unpaired) electrons. The van der Waals surface area contributed by atoms with Crippen molar-refractivity contribution in [3.8, 4) is 5.75 Å². The van der Waals surface area contributed by atoms with Crippen molar-refractivity contribution in [1.29, 1.82) is 0 Å². The Labute approximate surface area is 157 Å². The lowest BCUT2D eigenvalue weighted by Crippen LogP contribution is -2.16. The third-order valence-corrected chi connectivity index (χ3v) is 6.28. The molecule has 3 aromatic rings. The molecule has 1 aliphatic carbocycles. The molecule has 0 atom stereocenters. The normalized spacial score (nSPS) is 12.9. The Bertz CT molecular complexity index is 1180. The lowest BCUT2D eigenvalue weighted by atomic mass is 10.1. The zero-order valence-electron chi connectivity index (χ0n) is 14.7. The van der Waals surface area contributed by atoms with Crippen molar-refractivity contribution in [2.45, 2.75) is 17.7 Å². The van der Waals surface area contributed by atoms with Crippen LogP contribution >= 0.6 is 0 Å². The molecule has 6 nitrogen and oxygen atoms in total. The second kappa shape index (κ2) is 6.28. The van der Waals surface area contributed by atoms with Crippen molar-refractivity contribution >= 4 is 32.4 Å². The van der Waals surface area contributed by atoms with Crippen LogP contribution in [0.15, 0.2) is 53.4 Å². The molecule has 0 saturated heterocycles. The Morgan fingerprint density at radius 2 is 1.81 bits per heavy atom. The maximum absolute atomic E-state index is 13.1. The smallest absolute Gasteiger partial charge is 0.262 e. The third-order valence-electron chi connectivity index (χ3n) is 4.85. The van der Waals surface area contributed by atoms with Crippen LogP contribution < -0.4 is 15.2 Å². The number of rotatable bonds is 5. The lowest BCUT2D eigenvalue weighted by Gasteiger charge is -2.14. The average Bonchev–Trinajstić information content (AvgIpc) is 3.06. The van der Waals surface area contributed by atoms with Gasteiger partial charge in [-0.2, -0.15) is 0 Å². The molecule has 0 bridgehead atoms.